The number of rotatable bonds is 11. The maximum Gasteiger partial charge on any atom is 0.324 e. The number of sulfonamides is 1. The maximum atomic E-state index is 12.6. The van der Waals surface area contributed by atoms with Gasteiger partial charge in [0, 0.05) is 13.2 Å². The van der Waals surface area contributed by atoms with Crippen LogP contribution in [0, 0.1) is 5.92 Å². The lowest BCUT2D eigenvalue weighted by Crippen LogP contribution is -2.46. The Balaban J connectivity index is 2.75. The molecule has 0 radical (unpaired) electrons. The second kappa shape index (κ2) is 11.0. The third-order valence-corrected chi connectivity index (χ3v) is 5.20. The lowest BCUT2D eigenvalue weighted by Gasteiger charge is -2.21. The summed E-state index contributed by atoms with van der Waals surface area (Å²) in [5.41, 5.74) is 0. The van der Waals surface area contributed by atoms with Crippen LogP contribution in [-0.4, -0.2) is 59.8 Å². The summed E-state index contributed by atoms with van der Waals surface area (Å²) in [7, 11) is -0.987. The van der Waals surface area contributed by atoms with Gasteiger partial charge in [-0.25, -0.2) is 8.42 Å². The van der Waals surface area contributed by atoms with Gasteiger partial charge in [0.05, 0.1) is 18.6 Å². The molecule has 1 aromatic rings. The molecule has 10 heteroatoms. The minimum atomic E-state index is -3.96. The van der Waals surface area contributed by atoms with E-state index in [0.717, 1.165) is 0 Å². The monoisotopic (exact) mass is 416 g/mol. The molecular formula is C18H28N2O7S. The van der Waals surface area contributed by atoms with E-state index in [2.05, 4.69) is 10.0 Å². The fourth-order valence-electron chi connectivity index (χ4n) is 2.28. The first kappa shape index (κ1) is 23.9. The minimum Gasteiger partial charge on any atom is -0.497 e. The van der Waals surface area contributed by atoms with Crippen molar-refractivity contribution in [2.24, 2.45) is 5.92 Å². The molecule has 0 saturated heterocycles. The lowest BCUT2D eigenvalue weighted by molar-refractivity contribution is -0.151. The van der Waals surface area contributed by atoms with Crippen LogP contribution in [0.1, 0.15) is 20.8 Å². The number of hydrogen-bond donors (Lipinski definition) is 2. The van der Waals surface area contributed by atoms with Gasteiger partial charge in [-0.1, -0.05) is 13.8 Å². The summed E-state index contributed by atoms with van der Waals surface area (Å²) >= 11 is 0. The van der Waals surface area contributed by atoms with Crippen molar-refractivity contribution in [2.75, 3.05) is 27.4 Å². The van der Waals surface area contributed by atoms with E-state index in [1.807, 2.05) is 0 Å². The summed E-state index contributed by atoms with van der Waals surface area (Å²) in [6.45, 7) is 4.88. The van der Waals surface area contributed by atoms with Crippen LogP contribution in [0.25, 0.3) is 0 Å². The van der Waals surface area contributed by atoms with Crippen molar-refractivity contribution in [3.05, 3.63) is 24.3 Å². The summed E-state index contributed by atoms with van der Waals surface area (Å²) in [6.07, 6.45) is 0. The molecule has 1 aromatic carbocycles. The fraction of sp³-hybridized carbons (Fsp3) is 0.556. The van der Waals surface area contributed by atoms with E-state index in [0.29, 0.717) is 12.4 Å². The number of carbonyl (C=O) groups excluding carboxylic acids is 2. The van der Waals surface area contributed by atoms with Gasteiger partial charge < -0.3 is 19.5 Å². The molecule has 9 nitrogen and oxygen atoms in total. The molecule has 2 N–H and O–H groups in total. The molecule has 1 amide bonds. The highest BCUT2D eigenvalue weighted by Gasteiger charge is 2.30. The number of methoxy groups -OCH3 is 2. The smallest absolute Gasteiger partial charge is 0.324 e. The number of benzene rings is 1. The summed E-state index contributed by atoms with van der Waals surface area (Å²) in [5, 5.41) is 2.60. The normalized spacial score (nSPS) is 13.6. The van der Waals surface area contributed by atoms with E-state index in [-0.39, 0.29) is 10.9 Å². The predicted octanol–water partition coefficient (Wildman–Crippen LogP) is 0.692. The second-order valence-corrected chi connectivity index (χ2v) is 8.26. The Morgan fingerprint density at radius 1 is 1.07 bits per heavy atom. The molecule has 158 valence electrons. The number of amides is 1. The molecule has 0 bridgehead atoms. The van der Waals surface area contributed by atoms with Gasteiger partial charge in [0.1, 0.15) is 11.8 Å². The van der Waals surface area contributed by atoms with Crippen LogP contribution in [-0.2, 0) is 29.1 Å². The van der Waals surface area contributed by atoms with Crippen molar-refractivity contribution in [2.45, 2.75) is 37.8 Å². The third-order valence-electron chi connectivity index (χ3n) is 3.74. The standard InChI is InChI=1S/C18H28N2O7S/c1-12(2)17(18(22)27-11-16(21)19-13(3)10-25-4)20-28(23,24)15-8-6-14(26-5)7-9-15/h6-9,12-13,17,20H,10-11H2,1-5H3,(H,19,21). The number of hydrogen-bond acceptors (Lipinski definition) is 7. The molecule has 0 saturated carbocycles. The molecule has 0 aliphatic rings. The van der Waals surface area contributed by atoms with E-state index >= 15 is 0 Å². The Morgan fingerprint density at radius 3 is 2.18 bits per heavy atom. The quantitative estimate of drug-likeness (QED) is 0.509. The number of ether oxygens (including phenoxy) is 3. The van der Waals surface area contributed by atoms with Crippen molar-refractivity contribution in [3.63, 3.8) is 0 Å². The highest BCUT2D eigenvalue weighted by Crippen LogP contribution is 2.17. The lowest BCUT2D eigenvalue weighted by atomic mass is 10.1. The van der Waals surface area contributed by atoms with Gasteiger partial charge in [0.25, 0.3) is 5.91 Å². The van der Waals surface area contributed by atoms with Crippen molar-refractivity contribution >= 4 is 21.9 Å². The zero-order valence-electron chi connectivity index (χ0n) is 16.7. The summed E-state index contributed by atoms with van der Waals surface area (Å²) < 4.78 is 42.3. The van der Waals surface area contributed by atoms with E-state index in [4.69, 9.17) is 14.2 Å². The van der Waals surface area contributed by atoms with Crippen molar-refractivity contribution in [1.82, 2.24) is 10.0 Å². The first-order chi connectivity index (χ1) is 13.1. The molecule has 0 spiro atoms. The van der Waals surface area contributed by atoms with Crippen LogP contribution in [0.15, 0.2) is 29.2 Å². The van der Waals surface area contributed by atoms with Gasteiger partial charge in [-0.3, -0.25) is 9.59 Å². The van der Waals surface area contributed by atoms with Gasteiger partial charge in [-0.05, 0) is 37.1 Å². The first-order valence-electron chi connectivity index (χ1n) is 8.72. The maximum absolute atomic E-state index is 12.6. The van der Waals surface area contributed by atoms with Gasteiger partial charge in [-0.2, -0.15) is 4.72 Å². The van der Waals surface area contributed by atoms with E-state index in [9.17, 15) is 18.0 Å². The van der Waals surface area contributed by atoms with Gasteiger partial charge >= 0.3 is 5.97 Å². The van der Waals surface area contributed by atoms with Gasteiger partial charge in [0.15, 0.2) is 6.61 Å². The van der Waals surface area contributed by atoms with Crippen LogP contribution < -0.4 is 14.8 Å². The molecule has 1 rings (SSSR count). The van der Waals surface area contributed by atoms with E-state index in [1.165, 1.54) is 38.5 Å². The van der Waals surface area contributed by atoms with E-state index < -0.39 is 40.5 Å². The fourth-order valence-corrected chi connectivity index (χ4v) is 3.61. The molecule has 0 aliphatic carbocycles. The summed E-state index contributed by atoms with van der Waals surface area (Å²) in [5.74, 6) is -1.22. The van der Waals surface area contributed by atoms with Crippen molar-refractivity contribution in [1.29, 1.82) is 0 Å². The zero-order valence-corrected chi connectivity index (χ0v) is 17.5. The van der Waals surface area contributed by atoms with Gasteiger partial charge in [-0.15, -0.1) is 0 Å². The molecule has 0 aliphatic heterocycles. The van der Waals surface area contributed by atoms with Gasteiger partial charge in [0.2, 0.25) is 10.0 Å². The highest BCUT2D eigenvalue weighted by molar-refractivity contribution is 7.89. The summed E-state index contributed by atoms with van der Waals surface area (Å²) in [4.78, 5) is 24.1. The molecule has 0 aromatic heterocycles. The predicted molar refractivity (Wildman–Crippen MR) is 102 cm³/mol. The van der Waals surface area contributed by atoms with Crippen LogP contribution in [0.3, 0.4) is 0 Å². The number of nitrogens with one attached hydrogen (secondary N) is 2. The Morgan fingerprint density at radius 2 is 1.68 bits per heavy atom. The minimum absolute atomic E-state index is 0.0158. The topological polar surface area (TPSA) is 120 Å². The Labute approximate surface area is 165 Å². The molecule has 2 atom stereocenters. The van der Waals surface area contributed by atoms with Crippen LogP contribution in [0.5, 0.6) is 5.75 Å². The largest absolute Gasteiger partial charge is 0.497 e. The molecular weight excluding hydrogens is 388 g/mol. The third kappa shape index (κ3) is 7.45. The molecule has 0 heterocycles. The molecule has 0 fully saturated rings. The summed E-state index contributed by atoms with van der Waals surface area (Å²) in [6, 6.07) is 4.36. The van der Waals surface area contributed by atoms with Crippen LogP contribution in [0.2, 0.25) is 0 Å². The van der Waals surface area contributed by atoms with E-state index in [1.54, 1.807) is 20.8 Å². The number of carbonyl (C=O) groups is 2. The Kier molecular flexibility index (Phi) is 9.36. The molecule has 28 heavy (non-hydrogen) atoms. The van der Waals surface area contributed by atoms with Crippen LogP contribution in [0.4, 0.5) is 0 Å². The average Bonchev–Trinajstić information content (AvgIpc) is 2.64. The average molecular weight is 416 g/mol. The van der Waals surface area contributed by atoms with Crippen molar-refractivity contribution < 1.29 is 32.2 Å². The Hall–Kier alpha value is -2.17. The number of esters is 1. The molecule has 2 unspecified atom stereocenters. The SMILES string of the molecule is COCC(C)NC(=O)COC(=O)C(NS(=O)(=O)c1ccc(OC)cc1)C(C)C. The van der Waals surface area contributed by atoms with Crippen LogP contribution >= 0.6 is 0 Å². The highest BCUT2D eigenvalue weighted by atomic mass is 32.2. The second-order valence-electron chi connectivity index (χ2n) is 6.55. The zero-order chi connectivity index (χ0) is 21.3. The first-order valence-corrected chi connectivity index (χ1v) is 10.2. The van der Waals surface area contributed by atoms with Crippen molar-refractivity contribution in [3.8, 4) is 5.75 Å². The Bertz CT molecular complexity index is 748.